The van der Waals surface area contributed by atoms with Gasteiger partial charge in [-0.1, -0.05) is 5.16 Å². The van der Waals surface area contributed by atoms with Gasteiger partial charge in [-0.15, -0.1) is 0 Å². The lowest BCUT2D eigenvalue weighted by Gasteiger charge is -2.18. The highest BCUT2D eigenvalue weighted by molar-refractivity contribution is 7.89. The molecule has 1 amide bonds. The van der Waals surface area contributed by atoms with E-state index in [0.717, 1.165) is 12.8 Å². The lowest BCUT2D eigenvalue weighted by Crippen LogP contribution is -2.28. The van der Waals surface area contributed by atoms with Crippen LogP contribution >= 0.6 is 0 Å². The third-order valence-corrected chi connectivity index (χ3v) is 6.04. The molecule has 0 aliphatic carbocycles. The first-order valence-electron chi connectivity index (χ1n) is 8.47. The Kier molecular flexibility index (Phi) is 5.95. The van der Waals surface area contributed by atoms with Gasteiger partial charge in [-0.3, -0.25) is 4.79 Å². The van der Waals surface area contributed by atoms with Crippen LogP contribution < -0.4 is 10.1 Å². The summed E-state index contributed by atoms with van der Waals surface area (Å²) in [5.74, 6) is -1.13. The number of amides is 1. The number of aromatic nitrogens is 1. The SMILES string of the molecule is COc1ccc(C(=O)OCC(=O)Nc2ccon2)cc1S(=O)(=O)N1CCCC1. The molecule has 1 aliphatic heterocycles. The number of anilines is 1. The molecule has 1 N–H and O–H groups in total. The second kappa shape index (κ2) is 8.40. The van der Waals surface area contributed by atoms with Crippen LogP contribution in [0.3, 0.4) is 0 Å². The van der Waals surface area contributed by atoms with Crippen molar-refractivity contribution in [3.8, 4) is 5.75 Å². The second-order valence-corrected chi connectivity index (χ2v) is 7.89. The highest BCUT2D eigenvalue weighted by Crippen LogP contribution is 2.30. The zero-order valence-corrected chi connectivity index (χ0v) is 15.9. The van der Waals surface area contributed by atoms with Crippen LogP contribution in [0.25, 0.3) is 0 Å². The van der Waals surface area contributed by atoms with Crippen molar-refractivity contribution < 1.29 is 32.0 Å². The van der Waals surface area contributed by atoms with Crippen LogP contribution in [0.5, 0.6) is 5.75 Å². The summed E-state index contributed by atoms with van der Waals surface area (Å²) in [5.41, 5.74) is -0.00666. The summed E-state index contributed by atoms with van der Waals surface area (Å²) in [6, 6.07) is 5.39. The molecule has 1 aromatic carbocycles. The standard InChI is InChI=1S/C17H19N3O7S/c1-25-13-5-4-12(10-14(13)28(23,24)20-7-2-3-8-20)17(22)26-11-16(21)18-15-6-9-27-19-15/h4-6,9-10H,2-3,7-8,11H2,1H3,(H,18,19,21). The number of nitrogens with zero attached hydrogens (tertiary/aromatic N) is 2. The lowest BCUT2D eigenvalue weighted by molar-refractivity contribution is -0.119. The van der Waals surface area contributed by atoms with E-state index in [4.69, 9.17) is 9.47 Å². The van der Waals surface area contributed by atoms with Crippen molar-refractivity contribution in [1.82, 2.24) is 9.46 Å². The molecule has 2 aromatic rings. The van der Waals surface area contributed by atoms with E-state index in [1.54, 1.807) is 0 Å². The first-order valence-corrected chi connectivity index (χ1v) is 9.91. The molecule has 11 heteroatoms. The topological polar surface area (TPSA) is 128 Å². The maximum absolute atomic E-state index is 12.8. The first kappa shape index (κ1) is 19.8. The van der Waals surface area contributed by atoms with Gasteiger partial charge in [-0.2, -0.15) is 4.31 Å². The van der Waals surface area contributed by atoms with Gasteiger partial charge in [-0.05, 0) is 31.0 Å². The van der Waals surface area contributed by atoms with Crippen molar-refractivity contribution in [2.45, 2.75) is 17.7 Å². The number of hydrogen-bond acceptors (Lipinski definition) is 8. The van der Waals surface area contributed by atoms with E-state index in [9.17, 15) is 18.0 Å². The maximum atomic E-state index is 12.8. The van der Waals surface area contributed by atoms with Crippen LogP contribution in [-0.2, 0) is 19.6 Å². The summed E-state index contributed by atoms with van der Waals surface area (Å²) in [7, 11) is -2.45. The van der Waals surface area contributed by atoms with Crippen molar-refractivity contribution >= 4 is 27.7 Å². The molecule has 0 atom stereocenters. The number of rotatable bonds is 7. The van der Waals surface area contributed by atoms with Crippen molar-refractivity contribution in [2.24, 2.45) is 0 Å². The van der Waals surface area contributed by atoms with Crippen LogP contribution in [-0.4, -0.2) is 56.6 Å². The van der Waals surface area contributed by atoms with Gasteiger partial charge in [0.25, 0.3) is 5.91 Å². The molecule has 28 heavy (non-hydrogen) atoms. The van der Waals surface area contributed by atoms with E-state index in [0.29, 0.717) is 13.1 Å². The average Bonchev–Trinajstić information content (AvgIpc) is 3.40. The van der Waals surface area contributed by atoms with Crippen molar-refractivity contribution in [1.29, 1.82) is 0 Å². The molecule has 1 aromatic heterocycles. The largest absolute Gasteiger partial charge is 0.495 e. The average molecular weight is 409 g/mol. The number of esters is 1. The van der Waals surface area contributed by atoms with E-state index in [1.165, 1.54) is 41.9 Å². The minimum absolute atomic E-state index is 0.00666. The molecule has 1 saturated heterocycles. The summed E-state index contributed by atoms with van der Waals surface area (Å²) in [6.45, 7) is 0.274. The highest BCUT2D eigenvalue weighted by Gasteiger charge is 2.31. The van der Waals surface area contributed by atoms with Gasteiger partial charge in [-0.25, -0.2) is 13.2 Å². The quantitative estimate of drug-likeness (QED) is 0.677. The molecule has 150 valence electrons. The molecular weight excluding hydrogens is 390 g/mol. The Morgan fingerprint density at radius 1 is 1.25 bits per heavy atom. The van der Waals surface area contributed by atoms with E-state index in [-0.39, 0.29) is 22.0 Å². The fourth-order valence-electron chi connectivity index (χ4n) is 2.74. The molecule has 1 aliphatic rings. The Hall–Kier alpha value is -2.92. The Bertz CT molecular complexity index is 951. The van der Waals surface area contributed by atoms with E-state index in [1.807, 2.05) is 0 Å². The zero-order chi connectivity index (χ0) is 20.1. The van der Waals surface area contributed by atoms with Gasteiger partial charge in [0, 0.05) is 19.2 Å². The first-order chi connectivity index (χ1) is 13.4. The number of carbonyl (C=O) groups is 2. The lowest BCUT2D eigenvalue weighted by atomic mass is 10.2. The fraction of sp³-hybridized carbons (Fsp3) is 0.353. The zero-order valence-electron chi connectivity index (χ0n) is 15.1. The summed E-state index contributed by atoms with van der Waals surface area (Å²) in [5, 5.41) is 5.88. The maximum Gasteiger partial charge on any atom is 0.338 e. The Labute approximate surface area is 161 Å². The van der Waals surface area contributed by atoms with Gasteiger partial charge >= 0.3 is 5.97 Å². The molecule has 2 heterocycles. The van der Waals surface area contributed by atoms with Gasteiger partial charge < -0.3 is 19.3 Å². The second-order valence-electron chi connectivity index (χ2n) is 5.99. The predicted octanol–water partition coefficient (Wildman–Crippen LogP) is 1.26. The van der Waals surface area contributed by atoms with Crippen LogP contribution in [0.1, 0.15) is 23.2 Å². The fourth-order valence-corrected chi connectivity index (χ4v) is 4.44. The minimum Gasteiger partial charge on any atom is -0.495 e. The number of sulfonamides is 1. The molecule has 0 radical (unpaired) electrons. The Morgan fingerprint density at radius 2 is 2.00 bits per heavy atom. The smallest absolute Gasteiger partial charge is 0.338 e. The number of nitrogens with one attached hydrogen (secondary N) is 1. The third-order valence-electron chi connectivity index (χ3n) is 4.12. The van der Waals surface area contributed by atoms with Crippen LogP contribution in [0.4, 0.5) is 5.82 Å². The summed E-state index contributed by atoms with van der Waals surface area (Å²) >= 11 is 0. The van der Waals surface area contributed by atoms with Crippen molar-refractivity contribution in [3.05, 3.63) is 36.1 Å². The van der Waals surface area contributed by atoms with E-state index < -0.39 is 28.5 Å². The summed E-state index contributed by atoms with van der Waals surface area (Å²) < 4.78 is 41.7. The third kappa shape index (κ3) is 4.31. The molecule has 0 saturated carbocycles. The van der Waals surface area contributed by atoms with Gasteiger partial charge in [0.05, 0.1) is 12.7 Å². The number of carbonyl (C=O) groups excluding carboxylic acids is 2. The molecule has 0 spiro atoms. The normalized spacial score (nSPS) is 14.6. The van der Waals surface area contributed by atoms with Crippen molar-refractivity contribution in [3.63, 3.8) is 0 Å². The van der Waals surface area contributed by atoms with Gasteiger partial charge in [0.15, 0.2) is 12.4 Å². The number of hydrogen-bond donors (Lipinski definition) is 1. The number of benzene rings is 1. The van der Waals surface area contributed by atoms with Crippen LogP contribution in [0.15, 0.2) is 39.9 Å². The van der Waals surface area contributed by atoms with Crippen LogP contribution in [0.2, 0.25) is 0 Å². The molecule has 10 nitrogen and oxygen atoms in total. The molecule has 0 bridgehead atoms. The van der Waals surface area contributed by atoms with E-state index >= 15 is 0 Å². The highest BCUT2D eigenvalue weighted by atomic mass is 32.2. The number of methoxy groups -OCH3 is 1. The Morgan fingerprint density at radius 3 is 2.64 bits per heavy atom. The van der Waals surface area contributed by atoms with Gasteiger partial charge in [0.1, 0.15) is 16.9 Å². The van der Waals surface area contributed by atoms with Crippen molar-refractivity contribution in [2.75, 3.05) is 32.1 Å². The molecule has 0 unspecified atom stereocenters. The summed E-state index contributed by atoms with van der Waals surface area (Å²) in [6.07, 6.45) is 2.84. The summed E-state index contributed by atoms with van der Waals surface area (Å²) in [4.78, 5) is 23.9. The van der Waals surface area contributed by atoms with Crippen LogP contribution in [0, 0.1) is 0 Å². The number of ether oxygens (including phenoxy) is 2. The minimum atomic E-state index is -3.80. The van der Waals surface area contributed by atoms with Gasteiger partial charge in [0.2, 0.25) is 10.0 Å². The molecule has 3 rings (SSSR count). The molecular formula is C17H19N3O7S. The Balaban J connectivity index is 1.73. The predicted molar refractivity (Wildman–Crippen MR) is 96.4 cm³/mol. The molecule has 1 fully saturated rings. The monoisotopic (exact) mass is 409 g/mol. The van der Waals surface area contributed by atoms with E-state index in [2.05, 4.69) is 15.0 Å².